The van der Waals surface area contributed by atoms with Crippen molar-refractivity contribution in [1.82, 2.24) is 0 Å². The molecule has 0 spiro atoms. The second-order valence-corrected chi connectivity index (χ2v) is 20.8. The van der Waals surface area contributed by atoms with Crippen molar-refractivity contribution in [2.24, 2.45) is 0 Å². The molecule has 70 heavy (non-hydrogen) atoms. The summed E-state index contributed by atoms with van der Waals surface area (Å²) in [5.41, 5.74) is 0. The summed E-state index contributed by atoms with van der Waals surface area (Å²) in [6.45, 7) is 6.34. The number of carbonyl (C=O) groups is 3. The number of carbonyl (C=O) groups excluding carboxylic acids is 3. The van der Waals surface area contributed by atoms with Gasteiger partial charge in [0.1, 0.15) is 12.7 Å². The number of unbranched alkanes of at least 4 members (excludes halogenated alkanes) is 46. The van der Waals surface area contributed by atoms with Crippen molar-refractivity contribution in [3.63, 3.8) is 0 Å². The maximum Gasteiger partial charge on any atom is 2.00 e. The fourth-order valence-electron chi connectivity index (χ4n) is 8.94. The summed E-state index contributed by atoms with van der Waals surface area (Å²) >= 11 is 0. The molecule has 0 aromatic carbocycles. The fraction of sp³-hybridized carbons (Fsp3) is 0.951. The van der Waals surface area contributed by atoms with Crippen LogP contribution in [0.25, 0.3) is 0 Å². The minimum absolute atomic E-state index is 0. The van der Waals surface area contributed by atoms with Gasteiger partial charge in [-0.1, -0.05) is 316 Å². The molecule has 1 unspecified atom stereocenters. The Morgan fingerprint density at radius 3 is 0.671 bits per heavy atom. The van der Waals surface area contributed by atoms with Gasteiger partial charge in [0.2, 0.25) is 0 Å². The van der Waals surface area contributed by atoms with Crippen LogP contribution >= 0.6 is 0 Å². The average molecular weight is 1010 g/mol. The summed E-state index contributed by atoms with van der Waals surface area (Å²) in [6.07, 6.45) is 64.6. The maximum absolute atomic E-state index is 11.4. The van der Waals surface area contributed by atoms with Crippen LogP contribution in [-0.4, -0.2) is 70.5 Å². The van der Waals surface area contributed by atoms with E-state index in [0.29, 0.717) is 6.42 Å². The molecule has 0 rings (SSSR count). The smallest absolute Gasteiger partial charge is 0.550 e. The van der Waals surface area contributed by atoms with Gasteiger partial charge < -0.3 is 34.8 Å². The number of aliphatic carboxylic acids is 2. The Balaban J connectivity index is -0.000000476. The summed E-state index contributed by atoms with van der Waals surface area (Å²) in [5.74, 6) is -2.08. The summed E-state index contributed by atoms with van der Waals surface area (Å²) < 4.78 is 4.88. The van der Waals surface area contributed by atoms with Crippen molar-refractivity contribution in [3.05, 3.63) is 0 Å². The van der Waals surface area contributed by atoms with E-state index in [1.807, 2.05) is 0 Å². The molecule has 414 valence electrons. The molecule has 0 heterocycles. The molecule has 0 aliphatic carbocycles. The van der Waals surface area contributed by atoms with Crippen molar-refractivity contribution in [3.8, 4) is 0 Å². The Labute approximate surface area is 452 Å². The molecule has 0 saturated carbocycles. The quantitative estimate of drug-likeness (QED) is 0.0348. The average Bonchev–Trinajstić information content (AvgIpc) is 3.34. The Hall–Kier alpha value is -0.904. The normalized spacial score (nSPS) is 11.3. The summed E-state index contributed by atoms with van der Waals surface area (Å²) in [5, 5.41) is 38.2. The van der Waals surface area contributed by atoms with Crippen LogP contribution < -0.4 is 10.2 Å². The first-order chi connectivity index (χ1) is 33.7. The number of rotatable bonds is 55. The van der Waals surface area contributed by atoms with Crippen LogP contribution in [0.5, 0.6) is 0 Å². The van der Waals surface area contributed by atoms with Gasteiger partial charge in [-0.05, 0) is 32.1 Å². The number of esters is 1. The van der Waals surface area contributed by atoms with E-state index in [0.717, 1.165) is 38.5 Å². The molecule has 0 aliphatic rings. The van der Waals surface area contributed by atoms with Gasteiger partial charge in [0, 0.05) is 18.4 Å². The molecule has 9 heteroatoms. The Bertz CT molecular complexity index is 937. The summed E-state index contributed by atoms with van der Waals surface area (Å²) in [6, 6.07) is 0. The SMILES string of the molecule is CCCCCCCCCCCCCCCCCC(=O)[O-].CCCCCCCCCCCCCCCCCC(=O)[O-].CCCCCCCCCCCCCCCCCCCCCC(=O)OCC(O)CO.[Mg+2]. The van der Waals surface area contributed by atoms with E-state index in [2.05, 4.69) is 20.8 Å². The Morgan fingerprint density at radius 2 is 0.500 bits per heavy atom. The van der Waals surface area contributed by atoms with Crippen LogP contribution in [0.4, 0.5) is 0 Å². The predicted molar refractivity (Wildman–Crippen MR) is 297 cm³/mol. The van der Waals surface area contributed by atoms with Gasteiger partial charge in [-0.2, -0.15) is 0 Å². The molecule has 8 nitrogen and oxygen atoms in total. The van der Waals surface area contributed by atoms with E-state index in [1.54, 1.807) is 0 Å². The van der Waals surface area contributed by atoms with Gasteiger partial charge >= 0.3 is 29.0 Å². The predicted octanol–water partition coefficient (Wildman–Crippen LogP) is 16.3. The molecule has 0 bridgehead atoms. The molecular formula is C61H120MgO8. The van der Waals surface area contributed by atoms with E-state index in [4.69, 9.17) is 14.9 Å². The van der Waals surface area contributed by atoms with Crippen LogP contribution in [0.3, 0.4) is 0 Å². The first-order valence-corrected chi connectivity index (χ1v) is 30.6. The van der Waals surface area contributed by atoms with E-state index >= 15 is 0 Å². The number of aliphatic hydroxyl groups excluding tert-OH is 2. The summed E-state index contributed by atoms with van der Waals surface area (Å²) in [7, 11) is 0. The topological polar surface area (TPSA) is 147 Å². The van der Waals surface area contributed by atoms with E-state index in [-0.39, 0.29) is 55.1 Å². The second-order valence-electron chi connectivity index (χ2n) is 20.8. The molecule has 0 radical (unpaired) electrons. The number of carboxylic acids is 2. The molecule has 1 atom stereocenters. The Morgan fingerprint density at radius 1 is 0.329 bits per heavy atom. The number of hydrogen-bond donors (Lipinski definition) is 2. The molecule has 0 aromatic heterocycles. The van der Waals surface area contributed by atoms with Gasteiger partial charge in [0.05, 0.1) is 6.61 Å². The first-order valence-electron chi connectivity index (χ1n) is 30.6. The zero-order valence-corrected chi connectivity index (χ0v) is 48.7. The number of aliphatic hydroxyl groups is 2. The fourth-order valence-corrected chi connectivity index (χ4v) is 8.94. The third-order valence-electron chi connectivity index (χ3n) is 13.6. The van der Waals surface area contributed by atoms with Crippen LogP contribution in [-0.2, 0) is 19.1 Å². The zero-order valence-electron chi connectivity index (χ0n) is 47.3. The molecule has 2 N–H and O–H groups in total. The van der Waals surface area contributed by atoms with Crippen LogP contribution in [0, 0.1) is 0 Å². The Kier molecular flexibility index (Phi) is 75.8. The molecule has 0 fully saturated rings. The van der Waals surface area contributed by atoms with Crippen molar-refractivity contribution in [1.29, 1.82) is 0 Å². The first kappa shape index (κ1) is 75.6. The number of hydrogen-bond acceptors (Lipinski definition) is 8. The van der Waals surface area contributed by atoms with Gasteiger partial charge in [-0.15, -0.1) is 0 Å². The van der Waals surface area contributed by atoms with E-state index < -0.39 is 18.0 Å². The molecule has 0 saturated heterocycles. The standard InChI is InChI=1S/C25H50O4.2C18H36O2.Mg/c1-2-3-4-5-6-7-8-9-10-11-12-13-14-15-16-17-18-19-20-21-25(28)29-23-24(27)22-26;2*1-2-3-4-5-6-7-8-9-10-11-12-13-14-15-16-17-18(19)20;/h24,26-27H,2-23H2,1H3;2*2-17H2,1H3,(H,19,20);/q;;;+2/p-2. The zero-order chi connectivity index (χ0) is 51.2. The van der Waals surface area contributed by atoms with Crippen molar-refractivity contribution < 1.29 is 39.5 Å². The third kappa shape index (κ3) is 78.5. The largest absolute Gasteiger partial charge is 2.00 e. The van der Waals surface area contributed by atoms with E-state index in [1.165, 1.54) is 276 Å². The number of carboxylic acid groups (broad SMARTS) is 2. The van der Waals surface area contributed by atoms with Crippen LogP contribution in [0.15, 0.2) is 0 Å². The van der Waals surface area contributed by atoms with Gasteiger partial charge in [-0.25, -0.2) is 0 Å². The minimum Gasteiger partial charge on any atom is -0.550 e. The molecular weight excluding hydrogens is 885 g/mol. The van der Waals surface area contributed by atoms with Crippen LogP contribution in [0.2, 0.25) is 0 Å². The van der Waals surface area contributed by atoms with Crippen molar-refractivity contribution in [2.75, 3.05) is 13.2 Å². The molecule has 0 aromatic rings. The van der Waals surface area contributed by atoms with Gasteiger partial charge in [0.25, 0.3) is 0 Å². The van der Waals surface area contributed by atoms with Gasteiger partial charge in [0.15, 0.2) is 0 Å². The van der Waals surface area contributed by atoms with Crippen molar-refractivity contribution in [2.45, 2.75) is 361 Å². The molecule has 0 aliphatic heterocycles. The van der Waals surface area contributed by atoms with Crippen molar-refractivity contribution >= 4 is 41.0 Å². The van der Waals surface area contributed by atoms with Gasteiger partial charge in [-0.3, -0.25) is 4.79 Å². The van der Waals surface area contributed by atoms with E-state index in [9.17, 15) is 24.6 Å². The second kappa shape index (κ2) is 70.2. The monoisotopic (exact) mass is 1000 g/mol. The number of ether oxygens (including phenoxy) is 1. The molecule has 0 amide bonds. The maximum atomic E-state index is 11.4. The minimum atomic E-state index is -0.955. The summed E-state index contributed by atoms with van der Waals surface area (Å²) in [4.78, 5) is 31.9. The van der Waals surface area contributed by atoms with Crippen LogP contribution in [0.1, 0.15) is 355 Å². The third-order valence-corrected chi connectivity index (χ3v) is 13.6.